The van der Waals surface area contributed by atoms with Gasteiger partial charge in [-0.3, -0.25) is 0 Å². The Morgan fingerprint density at radius 1 is 1.50 bits per heavy atom. The fourth-order valence-corrected chi connectivity index (χ4v) is 1.14. The van der Waals surface area contributed by atoms with Crippen LogP contribution in [-0.4, -0.2) is 16.7 Å². The number of unbranched alkanes of at least 4 members (excludes halogenated alkanes) is 1. The van der Waals surface area contributed by atoms with Crippen LogP contribution >= 0.6 is 11.6 Å². The van der Waals surface area contributed by atoms with Gasteiger partial charge in [0, 0.05) is 6.07 Å². The van der Waals surface area contributed by atoms with Crippen molar-refractivity contribution in [3.63, 3.8) is 0 Å². The highest BCUT2D eigenvalue weighted by Crippen LogP contribution is 2.17. The van der Waals surface area contributed by atoms with E-state index in [4.69, 9.17) is 21.4 Å². The minimum Gasteiger partial charge on any atom is -0.478 e. The highest BCUT2D eigenvalue weighted by atomic mass is 35.5. The average Bonchev–Trinajstić information content (AvgIpc) is 2.21. The summed E-state index contributed by atoms with van der Waals surface area (Å²) < 4.78 is 5.36. The molecule has 0 atom stereocenters. The maximum atomic E-state index is 8.91. The molecule has 3 nitrogen and oxygen atoms in total. The summed E-state index contributed by atoms with van der Waals surface area (Å²) in [5.41, 5.74) is 0.459. The molecule has 0 bridgehead atoms. The van der Waals surface area contributed by atoms with Crippen LogP contribution in [0, 0.1) is 0 Å². The van der Waals surface area contributed by atoms with Gasteiger partial charge in [0.15, 0.2) is 0 Å². The molecule has 1 aromatic rings. The van der Waals surface area contributed by atoms with Gasteiger partial charge in [-0.15, -0.1) is 0 Å². The zero-order valence-electron chi connectivity index (χ0n) is 8.16. The highest BCUT2D eigenvalue weighted by molar-refractivity contribution is 6.31. The zero-order valence-corrected chi connectivity index (χ0v) is 8.92. The van der Waals surface area contributed by atoms with Gasteiger partial charge in [-0.2, -0.15) is 0 Å². The number of nitrogens with zero attached hydrogens (tertiary/aromatic N) is 1. The van der Waals surface area contributed by atoms with E-state index in [-0.39, 0.29) is 6.61 Å². The molecule has 0 amide bonds. The number of aliphatic hydroxyl groups excluding tert-OH is 1. The Labute approximate surface area is 88.7 Å². The number of hydrogen-bond acceptors (Lipinski definition) is 3. The predicted molar refractivity (Wildman–Crippen MR) is 55.6 cm³/mol. The summed E-state index contributed by atoms with van der Waals surface area (Å²) in [7, 11) is 0. The average molecular weight is 216 g/mol. The second-order valence-electron chi connectivity index (χ2n) is 2.94. The Kier molecular flexibility index (Phi) is 4.70. The number of pyridine rings is 1. The van der Waals surface area contributed by atoms with Gasteiger partial charge in [-0.1, -0.05) is 24.9 Å². The SMILES string of the molecule is CCCCOc1ccc(Cl)c(CO)n1. The lowest BCUT2D eigenvalue weighted by Gasteiger charge is -2.06. The molecule has 0 saturated heterocycles. The lowest BCUT2D eigenvalue weighted by atomic mass is 10.3. The van der Waals surface area contributed by atoms with E-state index in [1.165, 1.54) is 0 Å². The van der Waals surface area contributed by atoms with Gasteiger partial charge in [-0.05, 0) is 12.5 Å². The van der Waals surface area contributed by atoms with E-state index in [0.29, 0.717) is 23.2 Å². The van der Waals surface area contributed by atoms with Crippen LogP contribution in [0.25, 0.3) is 0 Å². The molecule has 0 unspecified atom stereocenters. The van der Waals surface area contributed by atoms with Gasteiger partial charge in [0.25, 0.3) is 0 Å². The Morgan fingerprint density at radius 2 is 2.29 bits per heavy atom. The Hall–Kier alpha value is -0.800. The van der Waals surface area contributed by atoms with Crippen molar-refractivity contribution in [2.45, 2.75) is 26.4 Å². The smallest absolute Gasteiger partial charge is 0.213 e. The maximum absolute atomic E-state index is 8.91. The number of rotatable bonds is 5. The second-order valence-corrected chi connectivity index (χ2v) is 3.35. The molecule has 14 heavy (non-hydrogen) atoms. The minimum atomic E-state index is -0.163. The largest absolute Gasteiger partial charge is 0.478 e. The fraction of sp³-hybridized carbons (Fsp3) is 0.500. The first-order valence-corrected chi connectivity index (χ1v) is 5.04. The normalized spacial score (nSPS) is 10.2. The molecule has 1 N–H and O–H groups in total. The third-order valence-electron chi connectivity index (χ3n) is 1.79. The van der Waals surface area contributed by atoms with E-state index in [2.05, 4.69) is 11.9 Å². The van der Waals surface area contributed by atoms with Gasteiger partial charge < -0.3 is 9.84 Å². The standard InChI is InChI=1S/C10H14ClNO2/c1-2-3-6-14-10-5-4-8(11)9(7-13)12-10/h4-5,13H,2-3,6-7H2,1H3. The molecule has 1 rings (SSSR count). The van der Waals surface area contributed by atoms with Gasteiger partial charge in [-0.25, -0.2) is 4.98 Å². The van der Waals surface area contributed by atoms with Crippen LogP contribution in [0.5, 0.6) is 5.88 Å². The topological polar surface area (TPSA) is 42.4 Å². The summed E-state index contributed by atoms with van der Waals surface area (Å²) in [6.07, 6.45) is 2.08. The van der Waals surface area contributed by atoms with Crippen LogP contribution in [0.1, 0.15) is 25.5 Å². The van der Waals surface area contributed by atoms with Crippen molar-refractivity contribution in [2.24, 2.45) is 0 Å². The number of aromatic nitrogens is 1. The summed E-state index contributed by atoms with van der Waals surface area (Å²) in [5.74, 6) is 0.520. The molecule has 0 aliphatic rings. The highest BCUT2D eigenvalue weighted by Gasteiger charge is 2.02. The van der Waals surface area contributed by atoms with Crippen LogP contribution in [0.3, 0.4) is 0 Å². The van der Waals surface area contributed by atoms with E-state index in [1.807, 2.05) is 0 Å². The lowest BCUT2D eigenvalue weighted by Crippen LogP contribution is -2.00. The summed E-state index contributed by atoms with van der Waals surface area (Å²) in [6.45, 7) is 2.58. The van der Waals surface area contributed by atoms with Crippen LogP contribution in [0.4, 0.5) is 0 Å². The molecule has 0 aromatic carbocycles. The van der Waals surface area contributed by atoms with Crippen molar-refractivity contribution in [2.75, 3.05) is 6.61 Å². The molecule has 1 heterocycles. The van der Waals surface area contributed by atoms with Crippen LogP contribution < -0.4 is 4.74 Å². The quantitative estimate of drug-likeness (QED) is 0.767. The molecular weight excluding hydrogens is 202 g/mol. The van der Waals surface area contributed by atoms with E-state index in [1.54, 1.807) is 12.1 Å². The van der Waals surface area contributed by atoms with Gasteiger partial charge in [0.2, 0.25) is 5.88 Å². The van der Waals surface area contributed by atoms with Crippen molar-refractivity contribution in [3.8, 4) is 5.88 Å². The molecule has 0 aliphatic heterocycles. The second kappa shape index (κ2) is 5.83. The third kappa shape index (κ3) is 3.16. The van der Waals surface area contributed by atoms with Crippen LogP contribution in [-0.2, 0) is 6.61 Å². The first-order chi connectivity index (χ1) is 6.77. The molecule has 0 aliphatic carbocycles. The molecule has 0 fully saturated rings. The van der Waals surface area contributed by atoms with Crippen LogP contribution in [0.2, 0.25) is 5.02 Å². The third-order valence-corrected chi connectivity index (χ3v) is 2.13. The first kappa shape index (κ1) is 11.3. The monoisotopic (exact) mass is 215 g/mol. The summed E-state index contributed by atoms with van der Waals surface area (Å²) in [4.78, 5) is 4.06. The summed E-state index contributed by atoms with van der Waals surface area (Å²) in [5, 5.41) is 9.38. The van der Waals surface area contributed by atoms with Crippen LogP contribution in [0.15, 0.2) is 12.1 Å². The molecule has 0 radical (unpaired) electrons. The molecule has 78 valence electrons. The molecule has 4 heteroatoms. The summed E-state index contributed by atoms with van der Waals surface area (Å²) in [6, 6.07) is 3.39. The minimum absolute atomic E-state index is 0.163. The van der Waals surface area contributed by atoms with Crippen molar-refractivity contribution >= 4 is 11.6 Å². The van der Waals surface area contributed by atoms with E-state index in [0.717, 1.165) is 12.8 Å². The molecule has 1 aromatic heterocycles. The lowest BCUT2D eigenvalue weighted by molar-refractivity contribution is 0.267. The van der Waals surface area contributed by atoms with E-state index in [9.17, 15) is 0 Å². The Morgan fingerprint density at radius 3 is 2.93 bits per heavy atom. The number of hydrogen-bond donors (Lipinski definition) is 1. The van der Waals surface area contributed by atoms with Crippen molar-refractivity contribution in [1.82, 2.24) is 4.98 Å². The zero-order chi connectivity index (χ0) is 10.4. The maximum Gasteiger partial charge on any atom is 0.213 e. The van der Waals surface area contributed by atoms with Gasteiger partial charge in [0.05, 0.1) is 23.9 Å². The number of aliphatic hydroxyl groups is 1. The van der Waals surface area contributed by atoms with E-state index < -0.39 is 0 Å². The van der Waals surface area contributed by atoms with Crippen molar-refractivity contribution in [1.29, 1.82) is 0 Å². The Balaban J connectivity index is 2.60. The molecule has 0 saturated carbocycles. The molecular formula is C10H14ClNO2. The Bertz CT molecular complexity index is 291. The fourth-order valence-electron chi connectivity index (χ4n) is 0.977. The van der Waals surface area contributed by atoms with Gasteiger partial charge in [0.1, 0.15) is 0 Å². The summed E-state index contributed by atoms with van der Waals surface area (Å²) >= 11 is 5.78. The predicted octanol–water partition coefficient (Wildman–Crippen LogP) is 2.41. The van der Waals surface area contributed by atoms with Crippen molar-refractivity contribution in [3.05, 3.63) is 22.8 Å². The molecule has 0 spiro atoms. The van der Waals surface area contributed by atoms with Gasteiger partial charge >= 0.3 is 0 Å². The number of halogens is 1. The van der Waals surface area contributed by atoms with E-state index >= 15 is 0 Å². The number of ether oxygens (including phenoxy) is 1. The van der Waals surface area contributed by atoms with Crippen molar-refractivity contribution < 1.29 is 9.84 Å². The first-order valence-electron chi connectivity index (χ1n) is 4.67.